The van der Waals surface area contributed by atoms with Crippen molar-refractivity contribution >= 4 is 112 Å². The number of carboxylic acid groups (broad SMARTS) is 2. The number of nitrogens with one attached hydrogen (secondary N) is 11. The first kappa shape index (κ1) is 77.2. The van der Waals surface area contributed by atoms with Crippen molar-refractivity contribution in [3.8, 4) is 11.5 Å². The Balaban J connectivity index is 1.32. The number of carbonyl (C=O) groups is 12. The first-order valence-electron chi connectivity index (χ1n) is 32.7. The van der Waals surface area contributed by atoms with Gasteiger partial charge >= 0.3 is 0 Å². The third-order valence-electron chi connectivity index (χ3n) is 16.1. The molecule has 4 bridgehead atoms. The quantitative estimate of drug-likeness (QED) is 0.0581. The summed E-state index contributed by atoms with van der Waals surface area (Å²) in [6, 6.07) is 3.86. The van der Waals surface area contributed by atoms with Gasteiger partial charge in [0.15, 0.2) is 0 Å². The number of nitrogens with two attached hydrogens (primary N) is 1. The van der Waals surface area contributed by atoms with E-state index >= 15 is 9.59 Å². The molecule has 10 amide bonds. The van der Waals surface area contributed by atoms with Crippen LogP contribution in [-0.2, 0) is 93.1 Å². The van der Waals surface area contributed by atoms with Crippen LogP contribution in [-0.4, -0.2) is 176 Å². The number of benzene rings is 3. The average molecular weight is 1420 g/mol. The second-order valence-corrected chi connectivity index (χ2v) is 26.7. The summed E-state index contributed by atoms with van der Waals surface area (Å²) in [4.78, 5) is 183. The number of rotatable bonds is 15. The van der Waals surface area contributed by atoms with E-state index in [1.807, 2.05) is 19.9 Å². The van der Waals surface area contributed by atoms with Gasteiger partial charge in [-0.1, -0.05) is 55.4 Å². The minimum atomic E-state index is -1.84. The number of carboxylic acids is 2. The molecule has 2 aromatic heterocycles. The highest BCUT2D eigenvalue weighted by Crippen LogP contribution is 2.26. The molecule has 0 fully saturated rings. The van der Waals surface area contributed by atoms with Gasteiger partial charge in [-0.2, -0.15) is 23.5 Å². The van der Waals surface area contributed by atoms with E-state index in [2.05, 4.69) is 68.0 Å². The number of imidazole rings is 1. The number of aliphatic carboxylic acids is 2. The number of hydrogen-bond acceptors (Lipinski definition) is 21. The number of hydrogen-bond donors (Lipinski definition) is 13. The molecule has 31 nitrogen and oxygen atoms in total. The Bertz CT molecular complexity index is 3700. The maximum absolute atomic E-state index is 15.1. The van der Waals surface area contributed by atoms with Crippen LogP contribution in [0.1, 0.15) is 107 Å². The number of fused-ring (bicyclic) bond motifs is 6. The molecular weight excluding hydrogens is 1340 g/mol. The number of nitrogens with zero attached hydrogens (tertiary/aromatic N) is 2. The van der Waals surface area contributed by atoms with Crippen LogP contribution >= 0.6 is 23.5 Å². The number of carbonyl (C=O) groups excluding carboxylic acids is 12. The number of para-hydroxylation sites is 1. The monoisotopic (exact) mass is 1420 g/mol. The van der Waals surface area contributed by atoms with Gasteiger partial charge in [-0.25, -0.2) is 4.98 Å². The van der Waals surface area contributed by atoms with Gasteiger partial charge < -0.3 is 98.0 Å². The Kier molecular flexibility index (Phi) is 30.0. The molecule has 0 saturated carbocycles. The fraction of sp³-hybridized carbons (Fsp3) is 0.463. The van der Waals surface area contributed by atoms with E-state index < -0.39 is 151 Å². The van der Waals surface area contributed by atoms with E-state index in [-0.39, 0.29) is 67.0 Å². The molecule has 33 heteroatoms. The topological polar surface area (TPSA) is 481 Å². The highest BCUT2D eigenvalue weighted by Gasteiger charge is 2.36. The normalized spacial score (nSPS) is 23.4. The fourth-order valence-corrected chi connectivity index (χ4v) is 12.8. The highest BCUT2D eigenvalue weighted by molar-refractivity contribution is 7.98. The number of amides is 10. The molecule has 5 aromatic rings. The second-order valence-electron chi connectivity index (χ2n) is 24.6. The average Bonchev–Trinajstić information content (AvgIpc) is 1.62. The second kappa shape index (κ2) is 38.8. The zero-order valence-corrected chi connectivity index (χ0v) is 57.1. The number of phenols is 1. The van der Waals surface area contributed by atoms with Crippen LogP contribution in [0.5, 0.6) is 11.5 Å². The molecule has 14 N–H and O–H groups in total. The summed E-state index contributed by atoms with van der Waals surface area (Å²) in [7, 11) is 0. The lowest BCUT2D eigenvalue weighted by atomic mass is 10.0. The van der Waals surface area contributed by atoms with Gasteiger partial charge in [0.25, 0.3) is 5.91 Å². The summed E-state index contributed by atoms with van der Waals surface area (Å²) in [6.45, 7) is 5.43. The number of aromatic nitrogens is 3. The van der Waals surface area contributed by atoms with E-state index in [0.29, 0.717) is 64.0 Å². The third-order valence-corrected chi connectivity index (χ3v) is 18.3. The van der Waals surface area contributed by atoms with E-state index in [1.165, 1.54) is 67.2 Å². The van der Waals surface area contributed by atoms with Crippen LogP contribution < -0.4 is 68.5 Å². The van der Waals surface area contributed by atoms with Crippen molar-refractivity contribution in [2.75, 3.05) is 24.7 Å². The Hall–Kier alpha value is -10.2. The number of thioether (sulfide) groups is 2. The van der Waals surface area contributed by atoms with Crippen LogP contribution in [0.25, 0.3) is 10.9 Å². The maximum Gasteiger partial charge on any atom is 0.266 e. The minimum absolute atomic E-state index is 0.0588. The lowest BCUT2D eigenvalue weighted by Gasteiger charge is -2.28. The molecule has 2 aliphatic rings. The summed E-state index contributed by atoms with van der Waals surface area (Å²) in [6.07, 6.45) is 3.89. The lowest BCUT2D eigenvalue weighted by molar-refractivity contribution is -0.307. The van der Waals surface area contributed by atoms with Crippen molar-refractivity contribution in [1.82, 2.24) is 62.8 Å². The zero-order valence-electron chi connectivity index (χ0n) is 55.4. The zero-order chi connectivity index (χ0) is 72.3. The van der Waals surface area contributed by atoms with Crippen LogP contribution in [0, 0.1) is 5.92 Å². The number of ether oxygens (including phenoxy) is 1. The Morgan fingerprint density at radius 2 is 1.19 bits per heavy atom. The van der Waals surface area contributed by atoms with Gasteiger partial charge in [-0.3, -0.25) is 47.9 Å². The van der Waals surface area contributed by atoms with Crippen molar-refractivity contribution < 1.29 is 82.4 Å². The molecule has 0 spiro atoms. The number of phenolic OH excluding ortho intramolecular Hbond substituents is 1. The molecular formula is C67H84N14O17S2-2. The summed E-state index contributed by atoms with van der Waals surface area (Å²) >= 11 is 2.42. The summed E-state index contributed by atoms with van der Waals surface area (Å²) in [5.74, 6) is -12.7. The molecule has 538 valence electrons. The Morgan fingerprint density at radius 1 is 0.620 bits per heavy atom. The number of aromatic amines is 2. The van der Waals surface area contributed by atoms with E-state index in [4.69, 9.17) is 15.3 Å². The SMILES string of the molecule is CC(C)C[C@@H]1NC(=O)/C=N/OCCCCCCOc2cc3cc(c2)CSC[C@H](NC1=O)C(=O)N[C@@H](Cc1ccc(O)cc1)C(=O)N[C@@H](CCC(=O)[O-])C(=O)N[C@@H](Cc1c[nH]c2ccccc12)C(=O)N[C@H](CCC(=O)[O-])C(=O)N[C@@H](Cc1cnc[nH]1)C(=O)N[C@@H](C)C(=O)N[C@H](C(N)=O)CSC3. The van der Waals surface area contributed by atoms with E-state index in [0.717, 1.165) is 19.1 Å². The summed E-state index contributed by atoms with van der Waals surface area (Å²) in [5.41, 5.74) is 8.92. The molecule has 0 aliphatic carbocycles. The number of oxime groups is 1. The molecule has 4 heterocycles. The third kappa shape index (κ3) is 25.3. The Morgan fingerprint density at radius 3 is 1.81 bits per heavy atom. The van der Waals surface area contributed by atoms with Gasteiger partial charge in [0.05, 0.1) is 12.9 Å². The minimum Gasteiger partial charge on any atom is -0.550 e. The van der Waals surface area contributed by atoms with Gasteiger partial charge in [0.1, 0.15) is 78.7 Å². The molecule has 3 aromatic carbocycles. The van der Waals surface area contributed by atoms with Crippen molar-refractivity contribution in [1.29, 1.82) is 0 Å². The van der Waals surface area contributed by atoms with Crippen LogP contribution in [0.2, 0.25) is 0 Å². The first-order valence-corrected chi connectivity index (χ1v) is 35.0. The lowest BCUT2D eigenvalue weighted by Crippen LogP contribution is -2.61. The first-order chi connectivity index (χ1) is 47.9. The predicted molar refractivity (Wildman–Crippen MR) is 363 cm³/mol. The predicted octanol–water partition coefficient (Wildman–Crippen LogP) is -1.27. The van der Waals surface area contributed by atoms with E-state index in [9.17, 15) is 63.3 Å². The van der Waals surface area contributed by atoms with Crippen LogP contribution in [0.15, 0.2) is 90.6 Å². The number of H-pyrrole nitrogens is 2. The molecule has 100 heavy (non-hydrogen) atoms. The number of primary amides is 1. The Labute approximate surface area is 584 Å². The largest absolute Gasteiger partial charge is 0.550 e. The number of aromatic hydroxyl groups is 1. The molecule has 0 saturated heterocycles. The molecule has 2 aliphatic heterocycles. The van der Waals surface area contributed by atoms with Crippen molar-refractivity contribution in [3.63, 3.8) is 0 Å². The summed E-state index contributed by atoms with van der Waals surface area (Å²) in [5, 5.41) is 62.3. The van der Waals surface area contributed by atoms with Gasteiger partial charge in [0, 0.05) is 83.2 Å². The van der Waals surface area contributed by atoms with Gasteiger partial charge in [-0.15, -0.1) is 0 Å². The van der Waals surface area contributed by atoms with Crippen LogP contribution in [0.4, 0.5) is 0 Å². The van der Waals surface area contributed by atoms with Crippen molar-refractivity contribution in [2.45, 2.75) is 164 Å². The highest BCUT2D eigenvalue weighted by atomic mass is 32.2. The van der Waals surface area contributed by atoms with Gasteiger partial charge in [-0.05, 0) is 123 Å². The molecule has 0 radical (unpaired) electrons. The standard InChI is InChI=1S/C67H86N14O17S2/c1-37(2)22-50-64(93)81-55-35-100-33-41-23-40(24-45(25-41)97-20-8-4-5-9-21-98-72-31-56(83)74-50)32-99-34-54(59(68)88)80-60(89)38(3)73-63(92)53(28-43-30-69-36-71-43)79-62(91)49(17-19-58(86)87)76-66(95)52(27-42-29-70-47-11-7-6-10-46(42)47)78-61(90)48(16-18-57(84)85)75-65(94)51(77-67(55)96)26-39-12-14-44(82)15-13-39/h6-7,10-15,23-25,29-31,36-38,48-55,70,82H,4-5,8-9,16-22,26-28,32-35H2,1-3H3,(H2,68,88)(H,69,71)(H,73,92)(H,74,83)(H,75,94)(H,76,95)(H,77,96)(H,78,90)(H,79,91)(H,80,89)(H,81,93)(H,84,85)(H,86,87)/p-2/b72-31+/t38-,48-,49+,50-,51-,52-,53-,54-,55-/m0/s1. The fourth-order valence-electron chi connectivity index (χ4n) is 10.8. The van der Waals surface area contributed by atoms with Crippen molar-refractivity contribution in [3.05, 3.63) is 113 Å². The molecule has 9 atom stereocenters. The smallest absolute Gasteiger partial charge is 0.266 e. The molecule has 0 unspecified atom stereocenters. The van der Waals surface area contributed by atoms with Crippen LogP contribution in [0.3, 0.4) is 0 Å². The van der Waals surface area contributed by atoms with E-state index in [1.54, 1.807) is 42.6 Å². The van der Waals surface area contributed by atoms with Gasteiger partial charge in [0.2, 0.25) is 53.2 Å². The molecule has 7 rings (SSSR count). The summed E-state index contributed by atoms with van der Waals surface area (Å²) < 4.78 is 6.27. The maximum atomic E-state index is 15.1. The van der Waals surface area contributed by atoms with Crippen molar-refractivity contribution in [2.24, 2.45) is 16.8 Å².